The van der Waals surface area contributed by atoms with E-state index >= 15 is 0 Å². The fourth-order valence-electron chi connectivity index (χ4n) is 2.80. The van der Waals surface area contributed by atoms with Crippen molar-refractivity contribution in [2.75, 3.05) is 13.1 Å². The minimum absolute atomic E-state index is 0. The molecule has 0 aromatic heterocycles. The Morgan fingerprint density at radius 3 is 2.35 bits per heavy atom. The van der Waals surface area contributed by atoms with E-state index in [1.54, 1.807) is 0 Å². The highest BCUT2D eigenvalue weighted by atomic mass is 79.9. The predicted octanol–water partition coefficient (Wildman–Crippen LogP) is 3.69. The van der Waals surface area contributed by atoms with Gasteiger partial charge in [0.05, 0.1) is 12.0 Å². The molecule has 0 bridgehead atoms. The Hall–Kier alpha value is -1.36. The number of carbonyl (C=O) groups excluding carboxylic acids is 1. The van der Waals surface area contributed by atoms with Crippen LogP contribution in [-0.2, 0) is 4.79 Å². The molecule has 1 saturated heterocycles. The molecule has 2 aromatic rings. The molecule has 2 aromatic carbocycles. The van der Waals surface area contributed by atoms with Crippen LogP contribution in [0.2, 0.25) is 0 Å². The molecular weight excluding hydrogens is 376 g/mol. The molecule has 1 aliphatic heterocycles. The molecule has 2 atom stereocenters. The third kappa shape index (κ3) is 4.56. The summed E-state index contributed by atoms with van der Waals surface area (Å²) in [7, 11) is 0. The topological polar surface area (TPSA) is 41.1 Å². The van der Waals surface area contributed by atoms with Crippen molar-refractivity contribution in [1.82, 2.24) is 10.6 Å². The van der Waals surface area contributed by atoms with Gasteiger partial charge in [-0.2, -0.15) is 0 Å². The van der Waals surface area contributed by atoms with Crippen LogP contribution >= 0.6 is 28.3 Å². The monoisotopic (exact) mass is 394 g/mol. The summed E-state index contributed by atoms with van der Waals surface area (Å²) in [5, 5.41) is 6.46. The third-order valence-corrected chi connectivity index (χ3v) is 4.58. The van der Waals surface area contributed by atoms with Crippen molar-refractivity contribution in [3.8, 4) is 0 Å². The number of rotatable bonds is 4. The van der Waals surface area contributed by atoms with Gasteiger partial charge in [0.25, 0.3) is 0 Å². The molecule has 2 N–H and O–H groups in total. The maximum absolute atomic E-state index is 12.5. The van der Waals surface area contributed by atoms with E-state index in [9.17, 15) is 4.79 Å². The van der Waals surface area contributed by atoms with E-state index in [2.05, 4.69) is 50.8 Å². The van der Waals surface area contributed by atoms with E-state index in [1.807, 2.05) is 30.3 Å². The lowest BCUT2D eigenvalue weighted by Crippen LogP contribution is -2.35. The van der Waals surface area contributed by atoms with Gasteiger partial charge < -0.3 is 10.6 Å². The van der Waals surface area contributed by atoms with Gasteiger partial charge >= 0.3 is 0 Å². The molecule has 0 radical (unpaired) electrons. The van der Waals surface area contributed by atoms with Crippen molar-refractivity contribution in [3.05, 3.63) is 70.2 Å². The normalized spacial score (nSPS) is 18.0. The molecule has 1 amide bonds. The molecule has 1 heterocycles. The minimum Gasteiger partial charge on any atom is -0.345 e. The van der Waals surface area contributed by atoms with Crippen LogP contribution in [0, 0.1) is 5.92 Å². The molecule has 3 nitrogen and oxygen atoms in total. The summed E-state index contributed by atoms with van der Waals surface area (Å²) in [6, 6.07) is 18.1. The van der Waals surface area contributed by atoms with E-state index in [1.165, 1.54) is 0 Å². The van der Waals surface area contributed by atoms with Gasteiger partial charge in [-0.1, -0.05) is 58.4 Å². The van der Waals surface area contributed by atoms with E-state index in [0.29, 0.717) is 0 Å². The zero-order chi connectivity index (χ0) is 15.4. The second kappa shape index (κ2) is 8.48. The first-order chi connectivity index (χ1) is 10.7. The number of benzene rings is 2. The number of halogens is 2. The fourth-order valence-corrected chi connectivity index (χ4v) is 3.06. The van der Waals surface area contributed by atoms with Crippen molar-refractivity contribution in [3.63, 3.8) is 0 Å². The standard InChI is InChI=1S/C18H19BrN2O.ClH/c19-16-8-6-14(7-9-16)17(13-4-2-1-3-5-13)21-18(22)15-10-11-20-12-15;/h1-9,15,17,20H,10-12H2,(H,21,22);1H. The van der Waals surface area contributed by atoms with Crippen molar-refractivity contribution in [2.45, 2.75) is 12.5 Å². The van der Waals surface area contributed by atoms with E-state index in [-0.39, 0.29) is 30.3 Å². The Morgan fingerprint density at radius 2 is 1.74 bits per heavy atom. The smallest absolute Gasteiger partial charge is 0.225 e. The molecular formula is C18H20BrClN2O. The van der Waals surface area contributed by atoms with Crippen LogP contribution in [0.4, 0.5) is 0 Å². The Labute approximate surface area is 151 Å². The molecule has 5 heteroatoms. The predicted molar refractivity (Wildman–Crippen MR) is 98.8 cm³/mol. The van der Waals surface area contributed by atoms with Gasteiger partial charge in [-0.15, -0.1) is 12.4 Å². The van der Waals surface area contributed by atoms with Gasteiger partial charge in [-0.05, 0) is 36.2 Å². The average Bonchev–Trinajstić information content (AvgIpc) is 3.09. The summed E-state index contributed by atoms with van der Waals surface area (Å²) < 4.78 is 1.04. The molecule has 0 saturated carbocycles. The van der Waals surface area contributed by atoms with Crippen molar-refractivity contribution >= 4 is 34.2 Å². The van der Waals surface area contributed by atoms with Crippen LogP contribution in [0.5, 0.6) is 0 Å². The Kier molecular flexibility index (Phi) is 6.63. The lowest BCUT2D eigenvalue weighted by molar-refractivity contribution is -0.124. The summed E-state index contributed by atoms with van der Waals surface area (Å²) in [6.45, 7) is 1.69. The van der Waals surface area contributed by atoms with Gasteiger partial charge in [0, 0.05) is 11.0 Å². The van der Waals surface area contributed by atoms with Gasteiger partial charge in [0.1, 0.15) is 0 Å². The number of nitrogens with one attached hydrogen (secondary N) is 2. The van der Waals surface area contributed by atoms with Gasteiger partial charge in [-0.3, -0.25) is 4.79 Å². The van der Waals surface area contributed by atoms with Gasteiger partial charge in [0.2, 0.25) is 5.91 Å². The summed E-state index contributed by atoms with van der Waals surface area (Å²) >= 11 is 3.46. The first-order valence-corrected chi connectivity index (χ1v) is 8.35. The lowest BCUT2D eigenvalue weighted by Gasteiger charge is -2.22. The Bertz CT molecular complexity index is 627. The van der Waals surface area contributed by atoms with Crippen LogP contribution < -0.4 is 10.6 Å². The van der Waals surface area contributed by atoms with Crippen LogP contribution in [0.3, 0.4) is 0 Å². The molecule has 0 spiro atoms. The highest BCUT2D eigenvalue weighted by molar-refractivity contribution is 9.10. The van der Waals surface area contributed by atoms with Crippen LogP contribution in [0.1, 0.15) is 23.6 Å². The highest BCUT2D eigenvalue weighted by Crippen LogP contribution is 2.24. The van der Waals surface area contributed by atoms with Gasteiger partial charge in [0.15, 0.2) is 0 Å². The summed E-state index contributed by atoms with van der Waals surface area (Å²) in [5.74, 6) is 0.198. The van der Waals surface area contributed by atoms with Crippen LogP contribution in [0.25, 0.3) is 0 Å². The maximum atomic E-state index is 12.5. The second-order valence-electron chi connectivity index (χ2n) is 5.59. The molecule has 2 unspecified atom stereocenters. The lowest BCUT2D eigenvalue weighted by atomic mass is 9.97. The zero-order valence-corrected chi connectivity index (χ0v) is 15.1. The SMILES string of the molecule is Cl.O=C(NC(c1ccccc1)c1ccc(Br)cc1)C1CCNC1. The van der Waals surface area contributed by atoms with Gasteiger partial charge in [-0.25, -0.2) is 0 Å². The fraction of sp³-hybridized carbons (Fsp3) is 0.278. The molecule has 0 aliphatic carbocycles. The maximum Gasteiger partial charge on any atom is 0.225 e. The molecule has 23 heavy (non-hydrogen) atoms. The Balaban J connectivity index is 0.00000192. The molecule has 122 valence electrons. The van der Waals surface area contributed by atoms with E-state index < -0.39 is 0 Å². The van der Waals surface area contributed by atoms with Crippen molar-refractivity contribution in [2.24, 2.45) is 5.92 Å². The van der Waals surface area contributed by atoms with Crippen molar-refractivity contribution in [1.29, 1.82) is 0 Å². The average molecular weight is 396 g/mol. The number of hydrogen-bond acceptors (Lipinski definition) is 2. The molecule has 3 rings (SSSR count). The first-order valence-electron chi connectivity index (χ1n) is 7.55. The Morgan fingerprint density at radius 1 is 1.09 bits per heavy atom. The largest absolute Gasteiger partial charge is 0.345 e. The third-order valence-electron chi connectivity index (χ3n) is 4.05. The quantitative estimate of drug-likeness (QED) is 0.829. The minimum atomic E-state index is -0.109. The number of hydrogen-bond donors (Lipinski definition) is 2. The van der Waals surface area contributed by atoms with Crippen LogP contribution in [-0.4, -0.2) is 19.0 Å². The van der Waals surface area contributed by atoms with E-state index in [4.69, 9.17) is 0 Å². The van der Waals surface area contributed by atoms with Crippen LogP contribution in [0.15, 0.2) is 59.1 Å². The second-order valence-corrected chi connectivity index (χ2v) is 6.51. The highest BCUT2D eigenvalue weighted by Gasteiger charge is 2.25. The first kappa shape index (κ1) is 18.0. The summed E-state index contributed by atoms with van der Waals surface area (Å²) in [4.78, 5) is 12.5. The number of carbonyl (C=O) groups is 1. The summed E-state index contributed by atoms with van der Waals surface area (Å²) in [5.41, 5.74) is 2.19. The molecule has 1 fully saturated rings. The zero-order valence-electron chi connectivity index (χ0n) is 12.7. The van der Waals surface area contributed by atoms with E-state index in [0.717, 1.165) is 35.1 Å². The summed E-state index contributed by atoms with van der Waals surface area (Å²) in [6.07, 6.45) is 0.910. The number of amides is 1. The van der Waals surface area contributed by atoms with Crippen molar-refractivity contribution < 1.29 is 4.79 Å². The molecule has 1 aliphatic rings.